The van der Waals surface area contributed by atoms with E-state index in [1.54, 1.807) is 13.0 Å². The summed E-state index contributed by atoms with van der Waals surface area (Å²) in [5.74, 6) is -0.147. The summed E-state index contributed by atoms with van der Waals surface area (Å²) in [6.45, 7) is 5.42. The molecule has 1 heterocycles. The van der Waals surface area contributed by atoms with Gasteiger partial charge < -0.3 is 9.15 Å². The van der Waals surface area contributed by atoms with Gasteiger partial charge in [0.2, 0.25) is 5.89 Å². The smallest absolute Gasteiger partial charge is 0.339 e. The lowest BCUT2D eigenvalue weighted by molar-refractivity contribution is -0.384. The lowest BCUT2D eigenvalue weighted by Gasteiger charge is -2.11. The monoisotopic (exact) mass is 367 g/mol. The van der Waals surface area contributed by atoms with Gasteiger partial charge in [0.05, 0.1) is 10.5 Å². The molecule has 3 rings (SSSR count). The minimum atomic E-state index is -0.738. The first-order chi connectivity index (χ1) is 12.8. The van der Waals surface area contributed by atoms with Crippen LogP contribution in [0.2, 0.25) is 0 Å². The molecule has 0 fully saturated rings. The molecule has 0 amide bonds. The van der Waals surface area contributed by atoms with Gasteiger partial charge in [-0.3, -0.25) is 10.1 Å². The summed E-state index contributed by atoms with van der Waals surface area (Å²) in [6.07, 6.45) is -0.738. The Balaban J connectivity index is 1.73. The summed E-state index contributed by atoms with van der Waals surface area (Å²) in [5.41, 5.74) is 2.86. The standard InChI is InChI=1S/C19H17N3O5/c1-11-4-9-16(12(2)10-11)19(23)26-13(3)17-20-21-18(27-17)14-5-7-15(8-6-14)22(24)25/h4-10,13H,1-3H3/t13-/m1/s1. The molecule has 0 spiro atoms. The first-order valence-electron chi connectivity index (χ1n) is 8.21. The predicted octanol–water partition coefficient (Wildman–Crippen LogP) is 4.18. The molecule has 1 aromatic heterocycles. The van der Waals surface area contributed by atoms with Crippen LogP contribution in [0.25, 0.3) is 11.5 Å². The van der Waals surface area contributed by atoms with Crippen LogP contribution in [0.15, 0.2) is 46.9 Å². The summed E-state index contributed by atoms with van der Waals surface area (Å²) < 4.78 is 11.0. The molecule has 0 aliphatic carbocycles. The van der Waals surface area contributed by atoms with Crippen molar-refractivity contribution in [2.24, 2.45) is 0 Å². The van der Waals surface area contributed by atoms with Gasteiger partial charge in [0, 0.05) is 17.7 Å². The Hall–Kier alpha value is -3.55. The van der Waals surface area contributed by atoms with Crippen molar-refractivity contribution >= 4 is 11.7 Å². The van der Waals surface area contributed by atoms with E-state index in [0.717, 1.165) is 11.1 Å². The second-order valence-electron chi connectivity index (χ2n) is 6.12. The van der Waals surface area contributed by atoms with E-state index >= 15 is 0 Å². The lowest BCUT2D eigenvalue weighted by atomic mass is 10.1. The van der Waals surface area contributed by atoms with Gasteiger partial charge in [-0.25, -0.2) is 4.79 Å². The van der Waals surface area contributed by atoms with Crippen molar-refractivity contribution in [1.82, 2.24) is 10.2 Å². The van der Waals surface area contributed by atoms with Crippen molar-refractivity contribution in [2.75, 3.05) is 0 Å². The number of hydrogen-bond donors (Lipinski definition) is 0. The van der Waals surface area contributed by atoms with Gasteiger partial charge in [-0.1, -0.05) is 17.7 Å². The zero-order chi connectivity index (χ0) is 19.6. The average Bonchev–Trinajstić information content (AvgIpc) is 3.12. The number of rotatable bonds is 5. The minimum absolute atomic E-state index is 0.0331. The van der Waals surface area contributed by atoms with E-state index in [9.17, 15) is 14.9 Å². The highest BCUT2D eigenvalue weighted by atomic mass is 16.6. The number of aromatic nitrogens is 2. The third-order valence-electron chi connectivity index (χ3n) is 4.00. The first kappa shape index (κ1) is 18.2. The Morgan fingerprint density at radius 3 is 2.48 bits per heavy atom. The maximum atomic E-state index is 12.4. The summed E-state index contributed by atoms with van der Waals surface area (Å²) >= 11 is 0. The summed E-state index contributed by atoms with van der Waals surface area (Å²) in [4.78, 5) is 22.6. The van der Waals surface area contributed by atoms with Crippen molar-refractivity contribution in [2.45, 2.75) is 26.9 Å². The van der Waals surface area contributed by atoms with E-state index in [1.807, 2.05) is 26.0 Å². The molecule has 0 aliphatic rings. The van der Waals surface area contributed by atoms with Crippen LogP contribution in [-0.4, -0.2) is 21.1 Å². The molecule has 138 valence electrons. The number of benzene rings is 2. The number of esters is 1. The number of ether oxygens (including phenoxy) is 1. The van der Waals surface area contributed by atoms with Crippen LogP contribution in [-0.2, 0) is 4.74 Å². The van der Waals surface area contributed by atoms with Gasteiger partial charge in [0.25, 0.3) is 11.6 Å². The fourth-order valence-corrected chi connectivity index (χ4v) is 2.56. The van der Waals surface area contributed by atoms with Gasteiger partial charge in [-0.05, 0) is 44.5 Å². The second kappa shape index (κ2) is 7.36. The molecule has 0 radical (unpaired) electrons. The normalized spacial score (nSPS) is 11.8. The lowest BCUT2D eigenvalue weighted by Crippen LogP contribution is -2.11. The third kappa shape index (κ3) is 4.00. The number of nitro groups is 1. The van der Waals surface area contributed by atoms with Crippen LogP contribution in [0.5, 0.6) is 0 Å². The summed E-state index contributed by atoms with van der Waals surface area (Å²) in [6, 6.07) is 11.2. The SMILES string of the molecule is Cc1ccc(C(=O)O[C@H](C)c2nnc(-c3ccc([N+](=O)[O-])cc3)o2)c(C)c1. The molecule has 27 heavy (non-hydrogen) atoms. The molecule has 0 bridgehead atoms. The van der Waals surface area contributed by atoms with Crippen LogP contribution < -0.4 is 0 Å². The Kier molecular flexibility index (Phi) is 4.98. The predicted molar refractivity (Wildman–Crippen MR) is 96.1 cm³/mol. The Morgan fingerprint density at radius 2 is 1.85 bits per heavy atom. The molecule has 0 unspecified atom stereocenters. The van der Waals surface area contributed by atoms with Crippen LogP contribution in [0.3, 0.4) is 0 Å². The number of non-ortho nitro benzene ring substituents is 1. The maximum absolute atomic E-state index is 12.4. The molecule has 3 aromatic rings. The zero-order valence-electron chi connectivity index (χ0n) is 15.0. The summed E-state index contributed by atoms with van der Waals surface area (Å²) in [5, 5.41) is 18.5. The van der Waals surface area contributed by atoms with Crippen LogP contribution in [0, 0.1) is 24.0 Å². The highest BCUT2D eigenvalue weighted by Crippen LogP contribution is 2.25. The fraction of sp³-hybridized carbons (Fsp3) is 0.211. The van der Waals surface area contributed by atoms with Gasteiger partial charge in [-0.2, -0.15) is 0 Å². The van der Waals surface area contributed by atoms with E-state index in [0.29, 0.717) is 11.1 Å². The maximum Gasteiger partial charge on any atom is 0.339 e. The van der Waals surface area contributed by atoms with Crippen LogP contribution in [0.1, 0.15) is 40.4 Å². The van der Waals surface area contributed by atoms with Gasteiger partial charge in [0.15, 0.2) is 6.10 Å². The first-order valence-corrected chi connectivity index (χ1v) is 8.21. The van der Waals surface area contributed by atoms with Gasteiger partial charge in [-0.15, -0.1) is 10.2 Å². The van der Waals surface area contributed by atoms with Gasteiger partial charge in [0.1, 0.15) is 0 Å². The third-order valence-corrected chi connectivity index (χ3v) is 4.00. The van der Waals surface area contributed by atoms with Crippen molar-refractivity contribution in [3.63, 3.8) is 0 Å². The van der Waals surface area contributed by atoms with Crippen molar-refractivity contribution < 1.29 is 18.9 Å². The number of hydrogen-bond acceptors (Lipinski definition) is 7. The molecule has 1 atom stereocenters. The van der Waals surface area contributed by atoms with Gasteiger partial charge >= 0.3 is 5.97 Å². The molecule has 2 aromatic carbocycles. The number of nitro benzene ring substituents is 1. The molecule has 0 saturated heterocycles. The average molecular weight is 367 g/mol. The fourth-order valence-electron chi connectivity index (χ4n) is 2.56. The summed E-state index contributed by atoms with van der Waals surface area (Å²) in [7, 11) is 0. The largest absolute Gasteiger partial charge is 0.449 e. The zero-order valence-corrected chi connectivity index (χ0v) is 15.0. The second-order valence-corrected chi connectivity index (χ2v) is 6.12. The Labute approximate surface area is 155 Å². The molecule has 0 aliphatic heterocycles. The van der Waals surface area contributed by atoms with E-state index in [1.165, 1.54) is 24.3 Å². The molecule has 0 saturated carbocycles. The number of nitrogens with zero attached hydrogens (tertiary/aromatic N) is 3. The topological polar surface area (TPSA) is 108 Å². The van der Waals surface area contributed by atoms with Crippen LogP contribution >= 0.6 is 0 Å². The quantitative estimate of drug-likeness (QED) is 0.378. The van der Waals surface area contributed by atoms with E-state index in [2.05, 4.69) is 10.2 Å². The number of aryl methyl sites for hydroxylation is 2. The van der Waals surface area contributed by atoms with Crippen LogP contribution in [0.4, 0.5) is 5.69 Å². The number of carbonyl (C=O) groups is 1. The Morgan fingerprint density at radius 1 is 1.15 bits per heavy atom. The van der Waals surface area contributed by atoms with Crippen molar-refractivity contribution in [3.05, 3.63) is 75.2 Å². The van der Waals surface area contributed by atoms with E-state index in [-0.39, 0.29) is 17.5 Å². The van der Waals surface area contributed by atoms with E-state index in [4.69, 9.17) is 9.15 Å². The van der Waals surface area contributed by atoms with E-state index < -0.39 is 17.0 Å². The molecular weight excluding hydrogens is 350 g/mol. The molecule has 0 N–H and O–H groups in total. The number of carbonyl (C=O) groups excluding carboxylic acids is 1. The molecule has 8 nitrogen and oxygen atoms in total. The minimum Gasteiger partial charge on any atom is -0.449 e. The Bertz CT molecular complexity index is 995. The van der Waals surface area contributed by atoms with Crippen molar-refractivity contribution in [3.8, 4) is 11.5 Å². The van der Waals surface area contributed by atoms with Crippen molar-refractivity contribution in [1.29, 1.82) is 0 Å². The molecular formula is C19H17N3O5. The highest BCUT2D eigenvalue weighted by molar-refractivity contribution is 5.91. The highest BCUT2D eigenvalue weighted by Gasteiger charge is 2.21. The molecule has 8 heteroatoms.